The molecule has 5 heteroatoms. The lowest BCUT2D eigenvalue weighted by Crippen LogP contribution is -2.29. The van der Waals surface area contributed by atoms with E-state index in [-0.39, 0.29) is 5.91 Å². The van der Waals surface area contributed by atoms with Gasteiger partial charge in [-0.25, -0.2) is 0 Å². The molecule has 2 heterocycles. The minimum atomic E-state index is -0.396. The van der Waals surface area contributed by atoms with Gasteiger partial charge < -0.3 is 14.7 Å². The van der Waals surface area contributed by atoms with E-state index in [4.69, 9.17) is 4.74 Å². The van der Waals surface area contributed by atoms with Gasteiger partial charge >= 0.3 is 0 Å². The lowest BCUT2D eigenvalue weighted by molar-refractivity contribution is 0.0764. The predicted octanol–water partition coefficient (Wildman–Crippen LogP) is 2.53. The van der Waals surface area contributed by atoms with Crippen LogP contribution >= 0.6 is 11.3 Å². The fraction of sp³-hybridized carbons (Fsp3) is 0.312. The molecule has 1 aromatic carbocycles. The van der Waals surface area contributed by atoms with Crippen molar-refractivity contribution in [3.05, 3.63) is 52.2 Å². The number of rotatable bonds is 4. The van der Waals surface area contributed by atoms with Gasteiger partial charge in [0.15, 0.2) is 0 Å². The van der Waals surface area contributed by atoms with Gasteiger partial charge in [0, 0.05) is 23.5 Å². The Kier molecular flexibility index (Phi) is 4.22. The zero-order valence-electron chi connectivity index (χ0n) is 11.6. The SMILES string of the molecule is O=C(c1cccc(OCc2cccs2)c1)N1CC[C@@H](O)C1. The van der Waals surface area contributed by atoms with Crippen molar-refractivity contribution in [1.29, 1.82) is 0 Å². The number of β-amino-alcohol motifs (C(OH)–C–C–N with tert-alkyl or cyclic N) is 1. The van der Waals surface area contributed by atoms with Crippen molar-refractivity contribution in [2.24, 2.45) is 0 Å². The summed E-state index contributed by atoms with van der Waals surface area (Å²) >= 11 is 1.65. The maximum atomic E-state index is 12.3. The highest BCUT2D eigenvalue weighted by atomic mass is 32.1. The topological polar surface area (TPSA) is 49.8 Å². The lowest BCUT2D eigenvalue weighted by Gasteiger charge is -2.16. The Labute approximate surface area is 127 Å². The van der Waals surface area contributed by atoms with Crippen molar-refractivity contribution in [2.75, 3.05) is 13.1 Å². The molecule has 2 aromatic rings. The van der Waals surface area contributed by atoms with E-state index >= 15 is 0 Å². The van der Waals surface area contributed by atoms with Gasteiger partial charge in [0.25, 0.3) is 5.91 Å². The summed E-state index contributed by atoms with van der Waals surface area (Å²) in [5.74, 6) is 0.641. The third-order valence-corrected chi connectivity index (χ3v) is 4.34. The standard InChI is InChI=1S/C16H17NO3S/c18-13-6-7-17(10-13)16(19)12-3-1-4-14(9-12)20-11-15-5-2-8-21-15/h1-5,8-9,13,18H,6-7,10-11H2/t13-/m1/s1. The van der Waals surface area contributed by atoms with E-state index in [2.05, 4.69) is 0 Å². The van der Waals surface area contributed by atoms with Crippen LogP contribution in [0.15, 0.2) is 41.8 Å². The first-order valence-electron chi connectivity index (χ1n) is 6.95. The zero-order valence-corrected chi connectivity index (χ0v) is 12.4. The van der Waals surface area contributed by atoms with E-state index in [1.54, 1.807) is 28.4 Å². The van der Waals surface area contributed by atoms with Crippen LogP contribution in [0.4, 0.5) is 0 Å². The van der Waals surface area contributed by atoms with Crippen molar-refractivity contribution in [2.45, 2.75) is 19.1 Å². The molecule has 1 aromatic heterocycles. The second kappa shape index (κ2) is 6.28. The third kappa shape index (κ3) is 3.43. The van der Waals surface area contributed by atoms with E-state index in [1.165, 1.54) is 0 Å². The quantitative estimate of drug-likeness (QED) is 0.944. The van der Waals surface area contributed by atoms with Crippen molar-refractivity contribution in [3.8, 4) is 5.75 Å². The van der Waals surface area contributed by atoms with Crippen LogP contribution in [0.3, 0.4) is 0 Å². The van der Waals surface area contributed by atoms with Crippen LogP contribution in [0.25, 0.3) is 0 Å². The predicted molar refractivity (Wildman–Crippen MR) is 81.6 cm³/mol. The third-order valence-electron chi connectivity index (χ3n) is 3.49. The van der Waals surface area contributed by atoms with Gasteiger partial charge in [-0.2, -0.15) is 0 Å². The highest BCUT2D eigenvalue weighted by molar-refractivity contribution is 7.09. The zero-order chi connectivity index (χ0) is 14.7. The van der Waals surface area contributed by atoms with Gasteiger partial charge in [-0.3, -0.25) is 4.79 Å². The molecule has 3 rings (SSSR count). The number of amides is 1. The molecule has 0 aliphatic carbocycles. The maximum absolute atomic E-state index is 12.3. The molecule has 1 saturated heterocycles. The van der Waals surface area contributed by atoms with Crippen LogP contribution in [-0.2, 0) is 6.61 Å². The number of aliphatic hydroxyl groups is 1. The van der Waals surface area contributed by atoms with Crippen LogP contribution in [-0.4, -0.2) is 35.1 Å². The van der Waals surface area contributed by atoms with Gasteiger partial charge in [0.2, 0.25) is 0 Å². The number of carbonyl (C=O) groups is 1. The average molecular weight is 303 g/mol. The van der Waals surface area contributed by atoms with Gasteiger partial charge in [-0.15, -0.1) is 11.3 Å². The number of hydrogen-bond acceptors (Lipinski definition) is 4. The van der Waals surface area contributed by atoms with Gasteiger partial charge in [-0.1, -0.05) is 12.1 Å². The minimum absolute atomic E-state index is 0.0480. The molecule has 4 nitrogen and oxygen atoms in total. The Morgan fingerprint density at radius 2 is 2.29 bits per heavy atom. The Morgan fingerprint density at radius 3 is 3.00 bits per heavy atom. The lowest BCUT2D eigenvalue weighted by atomic mass is 10.2. The molecule has 21 heavy (non-hydrogen) atoms. The average Bonchev–Trinajstić information content (AvgIpc) is 3.16. The summed E-state index contributed by atoms with van der Waals surface area (Å²) < 4.78 is 5.72. The van der Waals surface area contributed by atoms with Crippen LogP contribution in [0, 0.1) is 0 Å². The molecule has 110 valence electrons. The number of carbonyl (C=O) groups excluding carboxylic acids is 1. The Hall–Kier alpha value is -1.85. The van der Waals surface area contributed by atoms with E-state index in [1.807, 2.05) is 29.6 Å². The van der Waals surface area contributed by atoms with E-state index in [9.17, 15) is 9.90 Å². The van der Waals surface area contributed by atoms with E-state index in [0.29, 0.717) is 37.4 Å². The fourth-order valence-corrected chi connectivity index (χ4v) is 2.99. The molecule has 0 bridgehead atoms. The summed E-state index contributed by atoms with van der Waals surface area (Å²) in [6.45, 7) is 1.54. The number of aliphatic hydroxyl groups excluding tert-OH is 1. The molecule has 1 atom stereocenters. The van der Waals surface area contributed by atoms with E-state index < -0.39 is 6.10 Å². The molecule has 1 aliphatic rings. The van der Waals surface area contributed by atoms with Crippen molar-refractivity contribution >= 4 is 17.2 Å². The second-order valence-electron chi connectivity index (χ2n) is 5.09. The largest absolute Gasteiger partial charge is 0.488 e. The molecule has 0 radical (unpaired) electrons. The molecule has 0 spiro atoms. The van der Waals surface area contributed by atoms with Crippen LogP contribution in [0.1, 0.15) is 21.7 Å². The molecular weight excluding hydrogens is 286 g/mol. The molecular formula is C16H17NO3S. The van der Waals surface area contributed by atoms with Crippen LogP contribution in [0.2, 0.25) is 0 Å². The van der Waals surface area contributed by atoms with Crippen molar-refractivity contribution in [1.82, 2.24) is 4.90 Å². The highest BCUT2D eigenvalue weighted by Gasteiger charge is 2.25. The summed E-state index contributed by atoms with van der Waals surface area (Å²) in [4.78, 5) is 15.2. The van der Waals surface area contributed by atoms with Crippen molar-refractivity contribution in [3.63, 3.8) is 0 Å². The first kappa shape index (κ1) is 14.1. The maximum Gasteiger partial charge on any atom is 0.254 e. The van der Waals surface area contributed by atoms with Crippen LogP contribution in [0.5, 0.6) is 5.75 Å². The summed E-state index contributed by atoms with van der Waals surface area (Å²) in [7, 11) is 0. The number of benzene rings is 1. The summed E-state index contributed by atoms with van der Waals surface area (Å²) in [5.41, 5.74) is 0.604. The molecule has 1 aliphatic heterocycles. The Balaban J connectivity index is 1.66. The van der Waals surface area contributed by atoms with Crippen molar-refractivity contribution < 1.29 is 14.6 Å². The first-order chi connectivity index (χ1) is 10.2. The number of hydrogen-bond donors (Lipinski definition) is 1. The number of ether oxygens (including phenoxy) is 1. The summed E-state index contributed by atoms with van der Waals surface area (Å²) in [5, 5.41) is 11.5. The highest BCUT2D eigenvalue weighted by Crippen LogP contribution is 2.19. The van der Waals surface area contributed by atoms with Gasteiger partial charge in [0.05, 0.1) is 6.10 Å². The van der Waals surface area contributed by atoms with Gasteiger partial charge in [-0.05, 0) is 36.1 Å². The van der Waals surface area contributed by atoms with E-state index in [0.717, 1.165) is 4.88 Å². The summed E-state index contributed by atoms with van der Waals surface area (Å²) in [6, 6.07) is 11.2. The smallest absolute Gasteiger partial charge is 0.254 e. The number of thiophene rings is 1. The Bertz CT molecular complexity index is 612. The number of nitrogens with zero attached hydrogens (tertiary/aromatic N) is 1. The molecule has 1 N–H and O–H groups in total. The first-order valence-corrected chi connectivity index (χ1v) is 7.83. The number of likely N-dealkylation sites (tertiary alicyclic amines) is 1. The minimum Gasteiger partial charge on any atom is -0.488 e. The fourth-order valence-electron chi connectivity index (χ4n) is 2.38. The monoisotopic (exact) mass is 303 g/mol. The molecule has 1 amide bonds. The molecule has 0 unspecified atom stereocenters. The Morgan fingerprint density at radius 1 is 1.38 bits per heavy atom. The van der Waals surface area contributed by atoms with Crippen LogP contribution < -0.4 is 4.74 Å². The molecule has 1 fully saturated rings. The van der Waals surface area contributed by atoms with Gasteiger partial charge in [0.1, 0.15) is 12.4 Å². The second-order valence-corrected chi connectivity index (χ2v) is 6.12. The molecule has 0 saturated carbocycles. The summed E-state index contributed by atoms with van der Waals surface area (Å²) in [6.07, 6.45) is 0.257. The normalized spacial score (nSPS) is 18.0.